The van der Waals surface area contributed by atoms with Crippen LogP contribution < -0.4 is 20.1 Å². The second kappa shape index (κ2) is 8.10. The summed E-state index contributed by atoms with van der Waals surface area (Å²) in [6.07, 6.45) is 1.66. The van der Waals surface area contributed by atoms with E-state index in [-0.39, 0.29) is 34.1 Å². The summed E-state index contributed by atoms with van der Waals surface area (Å²) < 4.78 is 12.5. The van der Waals surface area contributed by atoms with Crippen LogP contribution in [0.3, 0.4) is 0 Å². The first-order valence-electron chi connectivity index (χ1n) is 12.7. The van der Waals surface area contributed by atoms with Crippen LogP contribution in [0.1, 0.15) is 93.2 Å². The summed E-state index contributed by atoms with van der Waals surface area (Å²) in [5.74, 6) is 1.77. The lowest BCUT2D eigenvalue weighted by Crippen LogP contribution is -2.41. The third-order valence-electron chi connectivity index (χ3n) is 6.84. The van der Waals surface area contributed by atoms with Gasteiger partial charge in [0.1, 0.15) is 11.5 Å². The van der Waals surface area contributed by atoms with Gasteiger partial charge in [-0.3, -0.25) is 0 Å². The molecule has 2 N–H and O–H groups in total. The van der Waals surface area contributed by atoms with Crippen molar-refractivity contribution in [1.82, 2.24) is 0 Å². The van der Waals surface area contributed by atoms with Gasteiger partial charge in [0.25, 0.3) is 0 Å². The molecule has 2 heterocycles. The molecule has 0 saturated carbocycles. The minimum atomic E-state index is -0.283. The first-order valence-corrected chi connectivity index (χ1v) is 12.7. The van der Waals surface area contributed by atoms with E-state index in [1.54, 1.807) is 0 Å². The van der Waals surface area contributed by atoms with E-state index >= 15 is 0 Å². The highest BCUT2D eigenvalue weighted by Crippen LogP contribution is 2.44. The summed E-state index contributed by atoms with van der Waals surface area (Å²) in [5.41, 5.74) is 5.43. The van der Waals surface area contributed by atoms with Gasteiger partial charge in [-0.15, -0.1) is 0 Å². The van der Waals surface area contributed by atoms with Crippen molar-refractivity contribution < 1.29 is 9.47 Å². The minimum Gasteiger partial charge on any atom is -0.462 e. The molecule has 2 unspecified atom stereocenters. The fourth-order valence-electron chi connectivity index (χ4n) is 6.10. The lowest BCUT2D eigenvalue weighted by Gasteiger charge is -2.33. The number of anilines is 2. The van der Waals surface area contributed by atoms with E-state index in [0.717, 1.165) is 35.7 Å². The molecule has 0 amide bonds. The molecule has 4 heteroatoms. The van der Waals surface area contributed by atoms with Crippen molar-refractivity contribution in [2.45, 2.75) is 105 Å². The Labute approximate surface area is 206 Å². The molecule has 0 spiro atoms. The maximum atomic E-state index is 6.26. The number of nitrogens with one attached hydrogen (secondary N) is 2. The van der Waals surface area contributed by atoms with Crippen LogP contribution in [-0.4, -0.2) is 12.5 Å². The van der Waals surface area contributed by atoms with Crippen LogP contribution in [0, 0.1) is 10.8 Å². The molecule has 186 valence electrons. The van der Waals surface area contributed by atoms with Crippen molar-refractivity contribution in [1.29, 1.82) is 0 Å². The van der Waals surface area contributed by atoms with Gasteiger partial charge in [0.2, 0.25) is 12.5 Å². The fourth-order valence-corrected chi connectivity index (χ4v) is 6.10. The Hall–Kier alpha value is -2.36. The molecule has 0 radical (unpaired) electrons. The summed E-state index contributed by atoms with van der Waals surface area (Å²) in [6.45, 7) is 23.1. The molecule has 0 bridgehead atoms. The Kier molecular flexibility index (Phi) is 5.90. The van der Waals surface area contributed by atoms with E-state index in [4.69, 9.17) is 9.47 Å². The average Bonchev–Trinajstić information content (AvgIpc) is 3.26. The van der Waals surface area contributed by atoms with Crippen LogP contribution in [0.2, 0.25) is 0 Å². The number of hydrogen-bond donors (Lipinski definition) is 2. The molecule has 2 aromatic carbocycles. The summed E-state index contributed by atoms with van der Waals surface area (Å²) in [5, 5.41) is 7.11. The van der Waals surface area contributed by atoms with Gasteiger partial charge in [0, 0.05) is 0 Å². The molecular weight excluding hydrogens is 420 g/mol. The smallest absolute Gasteiger partial charge is 0.226 e. The van der Waals surface area contributed by atoms with Crippen molar-refractivity contribution in [3.8, 4) is 11.5 Å². The summed E-state index contributed by atoms with van der Waals surface area (Å²) >= 11 is 0. The van der Waals surface area contributed by atoms with Gasteiger partial charge in [0.15, 0.2) is 0 Å². The van der Waals surface area contributed by atoms with Gasteiger partial charge in [-0.2, -0.15) is 0 Å². The maximum Gasteiger partial charge on any atom is 0.226 e. The maximum absolute atomic E-state index is 6.26. The highest BCUT2D eigenvalue weighted by atomic mass is 16.6. The van der Waals surface area contributed by atoms with Gasteiger partial charge in [-0.1, -0.05) is 81.4 Å². The van der Waals surface area contributed by atoms with Crippen molar-refractivity contribution in [2.24, 2.45) is 10.8 Å². The highest BCUT2D eigenvalue weighted by Gasteiger charge is 2.38. The molecule has 2 aliphatic rings. The second-order valence-electron chi connectivity index (χ2n) is 14.0. The zero-order valence-electron chi connectivity index (χ0n) is 22.8. The topological polar surface area (TPSA) is 42.5 Å². The van der Waals surface area contributed by atoms with Crippen molar-refractivity contribution >= 4 is 11.4 Å². The van der Waals surface area contributed by atoms with Crippen molar-refractivity contribution in [2.75, 3.05) is 10.6 Å². The van der Waals surface area contributed by atoms with Gasteiger partial charge in [0.05, 0.1) is 11.4 Å². The minimum absolute atomic E-state index is 0.0850. The molecule has 0 aliphatic carbocycles. The normalized spacial score (nSPS) is 20.1. The highest BCUT2D eigenvalue weighted by molar-refractivity contribution is 5.66. The molecule has 0 fully saturated rings. The van der Waals surface area contributed by atoms with E-state index in [1.807, 2.05) is 0 Å². The molecule has 0 aromatic heterocycles. The first-order chi connectivity index (χ1) is 15.5. The van der Waals surface area contributed by atoms with E-state index in [2.05, 4.69) is 116 Å². The number of ether oxygens (including phenoxy) is 2. The Morgan fingerprint density at radius 3 is 1.26 bits per heavy atom. The van der Waals surface area contributed by atoms with Gasteiger partial charge in [-0.25, -0.2) is 0 Å². The standard InChI is InChI=1S/C30H44N2O2/c1-27(2,3)17-29(7,8)19-11-13-23-21(15-19)31-25(33-23)26-32-22-16-20(12-14-24(22)34-26)30(9,10)18-28(4,5)6/h11-16,25-26,31-32H,17-18H2,1-10H3. The summed E-state index contributed by atoms with van der Waals surface area (Å²) in [6, 6.07) is 13.1. The summed E-state index contributed by atoms with van der Waals surface area (Å²) in [7, 11) is 0. The lowest BCUT2D eigenvalue weighted by atomic mass is 9.72. The van der Waals surface area contributed by atoms with Gasteiger partial charge >= 0.3 is 0 Å². The van der Waals surface area contributed by atoms with Crippen LogP contribution in [0.15, 0.2) is 36.4 Å². The van der Waals surface area contributed by atoms with Crippen molar-refractivity contribution in [3.05, 3.63) is 47.5 Å². The monoisotopic (exact) mass is 464 g/mol. The van der Waals surface area contributed by atoms with Crippen LogP contribution >= 0.6 is 0 Å². The number of rotatable bonds is 5. The van der Waals surface area contributed by atoms with Crippen molar-refractivity contribution in [3.63, 3.8) is 0 Å². The molecule has 2 aliphatic heterocycles. The number of benzene rings is 2. The predicted molar refractivity (Wildman–Crippen MR) is 143 cm³/mol. The Balaban J connectivity index is 1.47. The molecular formula is C30H44N2O2. The molecule has 4 nitrogen and oxygen atoms in total. The SMILES string of the molecule is CC(C)(C)CC(C)(C)c1ccc2c(c1)NC(C1Nc3cc(C(C)(C)CC(C)(C)C)ccc3O1)O2. The lowest BCUT2D eigenvalue weighted by molar-refractivity contribution is 0.113. The Morgan fingerprint density at radius 1 is 0.588 bits per heavy atom. The summed E-state index contributed by atoms with van der Waals surface area (Å²) in [4.78, 5) is 0. The molecule has 34 heavy (non-hydrogen) atoms. The largest absolute Gasteiger partial charge is 0.462 e. The Bertz CT molecular complexity index is 971. The van der Waals surface area contributed by atoms with Crippen LogP contribution in [-0.2, 0) is 10.8 Å². The molecule has 2 atom stereocenters. The quantitative estimate of drug-likeness (QED) is 0.469. The number of hydrogen-bond acceptors (Lipinski definition) is 4. The van der Waals surface area contributed by atoms with E-state index in [0.29, 0.717) is 0 Å². The average molecular weight is 465 g/mol. The molecule has 4 rings (SSSR count). The zero-order chi connectivity index (χ0) is 25.1. The van der Waals surface area contributed by atoms with Crippen LogP contribution in [0.5, 0.6) is 11.5 Å². The van der Waals surface area contributed by atoms with Gasteiger partial charge < -0.3 is 20.1 Å². The van der Waals surface area contributed by atoms with Crippen LogP contribution in [0.25, 0.3) is 0 Å². The second-order valence-corrected chi connectivity index (χ2v) is 14.0. The van der Waals surface area contributed by atoms with E-state index in [9.17, 15) is 0 Å². The number of fused-ring (bicyclic) bond motifs is 2. The molecule has 2 aromatic rings. The van der Waals surface area contributed by atoms with E-state index < -0.39 is 0 Å². The van der Waals surface area contributed by atoms with E-state index in [1.165, 1.54) is 11.1 Å². The van der Waals surface area contributed by atoms with Crippen LogP contribution in [0.4, 0.5) is 11.4 Å². The fraction of sp³-hybridized carbons (Fsp3) is 0.600. The first kappa shape index (κ1) is 24.8. The Morgan fingerprint density at radius 2 is 0.941 bits per heavy atom. The third-order valence-corrected chi connectivity index (χ3v) is 6.84. The van der Waals surface area contributed by atoms with Gasteiger partial charge in [-0.05, 0) is 69.9 Å². The predicted octanol–water partition coefficient (Wildman–Crippen LogP) is 8.08. The zero-order valence-corrected chi connectivity index (χ0v) is 22.8. The third kappa shape index (κ3) is 5.31. The molecule has 0 saturated heterocycles.